The van der Waals surface area contributed by atoms with Gasteiger partial charge in [0, 0.05) is 5.39 Å². The molecule has 1 aromatic carbocycles. The number of aliphatic hydroxyl groups excluding tert-OH is 1. The molecule has 4 nitrogen and oxygen atoms in total. The number of nitrogens with one attached hydrogen (secondary N) is 1. The molecule has 2 rings (SSSR count). The molecule has 1 aromatic heterocycles. The van der Waals surface area contributed by atoms with E-state index in [0.717, 1.165) is 5.39 Å². The maximum absolute atomic E-state index is 12.1. The molecule has 2 N–H and O–H groups in total. The lowest BCUT2D eigenvalue weighted by atomic mass is 10.0. The number of carbonyl (C=O) groups excluding carboxylic acids is 1. The Balaban J connectivity index is 2.23. The Morgan fingerprint density at radius 3 is 2.78 bits per heavy atom. The van der Waals surface area contributed by atoms with Crippen molar-refractivity contribution < 1.29 is 14.3 Å². The first-order valence-electron chi connectivity index (χ1n) is 6.01. The van der Waals surface area contributed by atoms with E-state index in [9.17, 15) is 9.90 Å². The molecule has 0 aliphatic heterocycles. The van der Waals surface area contributed by atoms with Gasteiger partial charge in [0.1, 0.15) is 11.8 Å². The molecule has 1 heterocycles. The first-order valence-corrected chi connectivity index (χ1v) is 6.01. The van der Waals surface area contributed by atoms with Gasteiger partial charge in [0.15, 0.2) is 0 Å². The van der Waals surface area contributed by atoms with Crippen LogP contribution in [0.5, 0.6) is 0 Å². The van der Waals surface area contributed by atoms with E-state index < -0.39 is 0 Å². The van der Waals surface area contributed by atoms with Crippen molar-refractivity contribution in [1.29, 1.82) is 0 Å². The van der Waals surface area contributed by atoms with Crippen LogP contribution in [0.4, 0.5) is 0 Å². The molecule has 0 spiro atoms. The minimum Gasteiger partial charge on any atom is -0.463 e. The Kier molecular flexibility index (Phi) is 3.67. The van der Waals surface area contributed by atoms with Crippen LogP contribution < -0.4 is 5.32 Å². The predicted molar refractivity (Wildman–Crippen MR) is 69.4 cm³/mol. The highest BCUT2D eigenvalue weighted by Crippen LogP contribution is 2.20. The smallest absolute Gasteiger partial charge is 0.255 e. The van der Waals surface area contributed by atoms with E-state index in [1.165, 1.54) is 6.26 Å². The maximum atomic E-state index is 12.1. The molecule has 2 aromatic rings. The lowest BCUT2D eigenvalue weighted by Gasteiger charge is -2.19. The molecule has 0 bridgehead atoms. The number of amides is 1. The van der Waals surface area contributed by atoms with Crippen molar-refractivity contribution in [2.75, 3.05) is 6.61 Å². The van der Waals surface area contributed by atoms with Gasteiger partial charge in [0.05, 0.1) is 18.2 Å². The van der Waals surface area contributed by atoms with Crippen molar-refractivity contribution in [3.8, 4) is 0 Å². The molecule has 4 heteroatoms. The second-order valence-corrected chi connectivity index (χ2v) is 4.65. The highest BCUT2D eigenvalue weighted by molar-refractivity contribution is 6.05. The standard InChI is InChI=1S/C14H17NO3/c1-9(2)12(7-16)15-14(17)11-8-18-13-6-4-3-5-10(11)13/h3-6,8-9,12,16H,7H2,1-2H3,(H,15,17)/t12-/m1/s1. The van der Waals surface area contributed by atoms with Crippen molar-refractivity contribution >= 4 is 16.9 Å². The first kappa shape index (κ1) is 12.6. The van der Waals surface area contributed by atoms with Gasteiger partial charge < -0.3 is 14.8 Å². The second kappa shape index (κ2) is 5.23. The number of para-hydroxylation sites is 1. The molecule has 0 fully saturated rings. The molecule has 96 valence electrons. The van der Waals surface area contributed by atoms with Gasteiger partial charge in [-0.05, 0) is 12.0 Å². The summed E-state index contributed by atoms with van der Waals surface area (Å²) >= 11 is 0. The number of furan rings is 1. The van der Waals surface area contributed by atoms with Crippen LogP contribution in [-0.2, 0) is 0 Å². The van der Waals surface area contributed by atoms with Gasteiger partial charge in [-0.2, -0.15) is 0 Å². The summed E-state index contributed by atoms with van der Waals surface area (Å²) < 4.78 is 5.32. The Morgan fingerprint density at radius 1 is 1.39 bits per heavy atom. The highest BCUT2D eigenvalue weighted by atomic mass is 16.3. The number of hydrogen-bond donors (Lipinski definition) is 2. The van der Waals surface area contributed by atoms with Crippen LogP contribution in [0.3, 0.4) is 0 Å². The molecular weight excluding hydrogens is 230 g/mol. The minimum atomic E-state index is -0.244. The summed E-state index contributed by atoms with van der Waals surface area (Å²) in [4.78, 5) is 12.1. The number of hydrogen-bond acceptors (Lipinski definition) is 3. The topological polar surface area (TPSA) is 62.5 Å². The third-order valence-electron chi connectivity index (χ3n) is 3.04. The summed E-state index contributed by atoms with van der Waals surface area (Å²) in [6.07, 6.45) is 1.45. The molecule has 1 amide bonds. The summed E-state index contributed by atoms with van der Waals surface area (Å²) in [7, 11) is 0. The fourth-order valence-corrected chi connectivity index (χ4v) is 1.82. The zero-order valence-corrected chi connectivity index (χ0v) is 10.5. The molecule has 0 aliphatic rings. The molecule has 0 saturated heterocycles. The van der Waals surface area contributed by atoms with E-state index in [1.54, 1.807) is 0 Å². The van der Waals surface area contributed by atoms with Crippen LogP contribution in [0.2, 0.25) is 0 Å². The van der Waals surface area contributed by atoms with E-state index >= 15 is 0 Å². The number of rotatable bonds is 4. The molecule has 18 heavy (non-hydrogen) atoms. The fourth-order valence-electron chi connectivity index (χ4n) is 1.82. The van der Waals surface area contributed by atoms with Crippen LogP contribution in [0.15, 0.2) is 34.9 Å². The first-order chi connectivity index (χ1) is 8.63. The second-order valence-electron chi connectivity index (χ2n) is 4.65. The molecule has 0 aliphatic carbocycles. The van der Waals surface area contributed by atoms with Crippen molar-refractivity contribution in [3.05, 3.63) is 36.1 Å². The number of carbonyl (C=O) groups is 1. The monoisotopic (exact) mass is 247 g/mol. The van der Waals surface area contributed by atoms with E-state index in [-0.39, 0.29) is 24.5 Å². The van der Waals surface area contributed by atoms with Crippen LogP contribution in [0.25, 0.3) is 11.0 Å². The van der Waals surface area contributed by atoms with Crippen molar-refractivity contribution in [2.24, 2.45) is 5.92 Å². The van der Waals surface area contributed by atoms with Crippen molar-refractivity contribution in [1.82, 2.24) is 5.32 Å². The lowest BCUT2D eigenvalue weighted by molar-refractivity contribution is 0.0897. The van der Waals surface area contributed by atoms with Crippen LogP contribution in [0.1, 0.15) is 24.2 Å². The van der Waals surface area contributed by atoms with Gasteiger partial charge >= 0.3 is 0 Å². The normalized spacial score (nSPS) is 12.9. The zero-order chi connectivity index (χ0) is 13.1. The summed E-state index contributed by atoms with van der Waals surface area (Å²) in [5, 5.41) is 12.8. The van der Waals surface area contributed by atoms with E-state index in [2.05, 4.69) is 5.32 Å². The van der Waals surface area contributed by atoms with Gasteiger partial charge in [0.2, 0.25) is 0 Å². The van der Waals surface area contributed by atoms with Crippen molar-refractivity contribution in [2.45, 2.75) is 19.9 Å². The lowest BCUT2D eigenvalue weighted by Crippen LogP contribution is -2.41. The maximum Gasteiger partial charge on any atom is 0.255 e. The Labute approximate surface area is 106 Å². The molecule has 0 unspecified atom stereocenters. The van der Waals surface area contributed by atoms with Gasteiger partial charge in [-0.3, -0.25) is 4.79 Å². The van der Waals surface area contributed by atoms with Crippen LogP contribution in [-0.4, -0.2) is 23.7 Å². The number of aliphatic hydroxyl groups is 1. The molecule has 0 saturated carbocycles. The summed E-state index contributed by atoms with van der Waals surface area (Å²) in [5.74, 6) is -0.0372. The molecular formula is C14H17NO3. The summed E-state index contributed by atoms with van der Waals surface area (Å²) in [5.41, 5.74) is 1.19. The Bertz CT molecular complexity index is 545. The zero-order valence-electron chi connectivity index (χ0n) is 10.5. The van der Waals surface area contributed by atoms with E-state index in [4.69, 9.17) is 4.42 Å². The van der Waals surface area contributed by atoms with Crippen LogP contribution in [0, 0.1) is 5.92 Å². The third-order valence-corrected chi connectivity index (χ3v) is 3.04. The Hall–Kier alpha value is -1.81. The minimum absolute atomic E-state index is 0.0702. The quantitative estimate of drug-likeness (QED) is 0.870. The highest BCUT2D eigenvalue weighted by Gasteiger charge is 2.19. The van der Waals surface area contributed by atoms with Crippen molar-refractivity contribution in [3.63, 3.8) is 0 Å². The van der Waals surface area contributed by atoms with E-state index in [1.807, 2.05) is 38.1 Å². The fraction of sp³-hybridized carbons (Fsp3) is 0.357. The predicted octanol–water partition coefficient (Wildman–Crippen LogP) is 2.18. The SMILES string of the molecule is CC(C)[C@@H](CO)NC(=O)c1coc2ccccc12. The Morgan fingerprint density at radius 2 is 2.11 bits per heavy atom. The van der Waals surface area contributed by atoms with Gasteiger partial charge in [0.25, 0.3) is 5.91 Å². The largest absolute Gasteiger partial charge is 0.463 e. The summed E-state index contributed by atoms with van der Waals surface area (Å²) in [6, 6.07) is 7.14. The molecule has 1 atom stereocenters. The van der Waals surface area contributed by atoms with Gasteiger partial charge in [-0.1, -0.05) is 32.0 Å². The van der Waals surface area contributed by atoms with Crippen LogP contribution >= 0.6 is 0 Å². The van der Waals surface area contributed by atoms with Gasteiger partial charge in [-0.25, -0.2) is 0 Å². The summed E-state index contributed by atoms with van der Waals surface area (Å²) in [6.45, 7) is 3.84. The van der Waals surface area contributed by atoms with Gasteiger partial charge in [-0.15, -0.1) is 0 Å². The molecule has 0 radical (unpaired) electrons. The number of fused-ring (bicyclic) bond motifs is 1. The average Bonchev–Trinajstić information content (AvgIpc) is 2.79. The number of benzene rings is 1. The van der Waals surface area contributed by atoms with E-state index in [0.29, 0.717) is 11.1 Å². The third kappa shape index (κ3) is 2.38. The average molecular weight is 247 g/mol.